The number of benzene rings is 1. The fourth-order valence-electron chi connectivity index (χ4n) is 2.38. The van der Waals surface area contributed by atoms with Gasteiger partial charge in [-0.2, -0.15) is 0 Å². The van der Waals surface area contributed by atoms with Crippen molar-refractivity contribution in [2.75, 3.05) is 6.61 Å². The lowest BCUT2D eigenvalue weighted by molar-refractivity contribution is -0.242. The molecule has 0 bridgehead atoms. The van der Waals surface area contributed by atoms with E-state index in [4.69, 9.17) is 5.26 Å². The summed E-state index contributed by atoms with van der Waals surface area (Å²) in [4.78, 5) is 4.05. The van der Waals surface area contributed by atoms with Crippen LogP contribution < -0.4 is 0 Å². The zero-order chi connectivity index (χ0) is 13.6. The van der Waals surface area contributed by atoms with Gasteiger partial charge in [0.1, 0.15) is 0 Å². The fraction of sp³-hybridized carbons (Fsp3) is 0.647. The molecule has 108 valence electrons. The molecule has 1 rings (SSSR count). The van der Waals surface area contributed by atoms with Crippen LogP contribution in [0.25, 0.3) is 0 Å². The molecule has 1 aromatic carbocycles. The predicted molar refractivity (Wildman–Crippen MR) is 80.3 cm³/mol. The van der Waals surface area contributed by atoms with Gasteiger partial charge in [0.2, 0.25) is 0 Å². The Labute approximate surface area is 117 Å². The molecule has 1 N–H and O–H groups in total. The average Bonchev–Trinajstić information content (AvgIpc) is 2.46. The lowest BCUT2D eigenvalue weighted by Gasteiger charge is -2.03. The lowest BCUT2D eigenvalue weighted by atomic mass is 10.0. The molecule has 0 radical (unpaired) electrons. The summed E-state index contributed by atoms with van der Waals surface area (Å²) in [7, 11) is 0. The van der Waals surface area contributed by atoms with Crippen molar-refractivity contribution in [1.82, 2.24) is 0 Å². The van der Waals surface area contributed by atoms with Crippen LogP contribution in [0.15, 0.2) is 30.3 Å². The first-order valence-electron chi connectivity index (χ1n) is 7.74. The third-order valence-electron chi connectivity index (χ3n) is 3.54. The number of hydrogen-bond acceptors (Lipinski definition) is 2. The van der Waals surface area contributed by atoms with E-state index in [1.165, 1.54) is 63.4 Å². The van der Waals surface area contributed by atoms with Crippen LogP contribution >= 0.6 is 0 Å². The number of rotatable bonds is 12. The van der Waals surface area contributed by atoms with Gasteiger partial charge in [0.05, 0.1) is 6.61 Å². The minimum atomic E-state index is 0.486. The number of aryl methyl sites for hydroxylation is 1. The van der Waals surface area contributed by atoms with Crippen molar-refractivity contribution < 1.29 is 10.1 Å². The highest BCUT2D eigenvalue weighted by Gasteiger charge is 1.94. The molecule has 2 heteroatoms. The lowest BCUT2D eigenvalue weighted by Crippen LogP contribution is -1.89. The van der Waals surface area contributed by atoms with E-state index in [1.807, 2.05) is 0 Å². The van der Waals surface area contributed by atoms with E-state index in [0.717, 1.165) is 6.42 Å². The highest BCUT2D eigenvalue weighted by Crippen LogP contribution is 2.11. The molecule has 1 aromatic rings. The van der Waals surface area contributed by atoms with Crippen molar-refractivity contribution in [3.8, 4) is 0 Å². The Morgan fingerprint density at radius 2 is 1.21 bits per heavy atom. The van der Waals surface area contributed by atoms with Gasteiger partial charge in [0, 0.05) is 0 Å². The Kier molecular flexibility index (Phi) is 10.4. The van der Waals surface area contributed by atoms with Crippen molar-refractivity contribution in [3.05, 3.63) is 35.9 Å². The molecule has 2 nitrogen and oxygen atoms in total. The second-order valence-corrected chi connectivity index (χ2v) is 5.25. The van der Waals surface area contributed by atoms with Crippen molar-refractivity contribution in [3.63, 3.8) is 0 Å². The van der Waals surface area contributed by atoms with Gasteiger partial charge >= 0.3 is 0 Å². The zero-order valence-corrected chi connectivity index (χ0v) is 12.0. The Morgan fingerprint density at radius 1 is 0.684 bits per heavy atom. The molecule has 0 aliphatic rings. The van der Waals surface area contributed by atoms with Crippen LogP contribution in [0.1, 0.15) is 63.4 Å². The van der Waals surface area contributed by atoms with Crippen molar-refractivity contribution in [2.24, 2.45) is 0 Å². The first-order chi connectivity index (χ1) is 9.43. The molecule has 0 fully saturated rings. The Bertz CT molecular complexity index is 285. The van der Waals surface area contributed by atoms with E-state index >= 15 is 0 Å². The number of hydrogen-bond donors (Lipinski definition) is 1. The summed E-state index contributed by atoms with van der Waals surface area (Å²) >= 11 is 0. The maximum atomic E-state index is 8.17. The first-order valence-corrected chi connectivity index (χ1v) is 7.74. The van der Waals surface area contributed by atoms with Gasteiger partial charge in [-0.3, -0.25) is 5.26 Å². The van der Waals surface area contributed by atoms with E-state index in [-0.39, 0.29) is 0 Å². The second kappa shape index (κ2) is 12.2. The van der Waals surface area contributed by atoms with E-state index in [1.54, 1.807) is 0 Å². The first kappa shape index (κ1) is 16.2. The predicted octanol–water partition coefficient (Wildman–Crippen LogP) is 5.23. The zero-order valence-electron chi connectivity index (χ0n) is 12.0. The summed E-state index contributed by atoms with van der Waals surface area (Å²) in [5, 5.41) is 8.17. The molecular formula is C17H28O2. The molecule has 0 aliphatic heterocycles. The summed E-state index contributed by atoms with van der Waals surface area (Å²) in [6.45, 7) is 0.486. The average molecular weight is 264 g/mol. The molecule has 0 aliphatic carbocycles. The molecular weight excluding hydrogens is 236 g/mol. The van der Waals surface area contributed by atoms with Gasteiger partial charge in [-0.25, -0.2) is 4.89 Å². The van der Waals surface area contributed by atoms with Crippen molar-refractivity contribution in [1.29, 1.82) is 0 Å². The second-order valence-electron chi connectivity index (χ2n) is 5.25. The maximum absolute atomic E-state index is 8.17. The quantitative estimate of drug-likeness (QED) is 0.318. The molecule has 0 spiro atoms. The summed E-state index contributed by atoms with van der Waals surface area (Å²) in [6.07, 6.45) is 12.7. The molecule has 0 atom stereocenters. The number of unbranched alkanes of at least 4 members (excludes halogenated alkanes) is 8. The van der Waals surface area contributed by atoms with Crippen molar-refractivity contribution >= 4 is 0 Å². The minimum Gasteiger partial charge on any atom is -0.252 e. The van der Waals surface area contributed by atoms with E-state index in [9.17, 15) is 0 Å². The topological polar surface area (TPSA) is 29.5 Å². The Hall–Kier alpha value is -0.860. The largest absolute Gasteiger partial charge is 0.252 e. The van der Waals surface area contributed by atoms with Crippen LogP contribution in [0.4, 0.5) is 0 Å². The van der Waals surface area contributed by atoms with Crippen molar-refractivity contribution in [2.45, 2.75) is 64.2 Å². The molecule has 0 heterocycles. The van der Waals surface area contributed by atoms with Gasteiger partial charge in [-0.15, -0.1) is 0 Å². The van der Waals surface area contributed by atoms with Gasteiger partial charge in [0.25, 0.3) is 0 Å². The van der Waals surface area contributed by atoms with Crippen LogP contribution in [-0.4, -0.2) is 11.9 Å². The minimum absolute atomic E-state index is 0.486. The Balaban J connectivity index is 1.79. The van der Waals surface area contributed by atoms with E-state index in [2.05, 4.69) is 35.2 Å². The summed E-state index contributed by atoms with van der Waals surface area (Å²) in [5.74, 6) is 0. The van der Waals surface area contributed by atoms with E-state index < -0.39 is 0 Å². The smallest absolute Gasteiger partial charge is 0.0819 e. The van der Waals surface area contributed by atoms with Crippen LogP contribution in [0.3, 0.4) is 0 Å². The molecule has 0 aromatic heterocycles. The van der Waals surface area contributed by atoms with E-state index in [0.29, 0.717) is 6.61 Å². The van der Waals surface area contributed by atoms with Gasteiger partial charge in [-0.1, -0.05) is 75.3 Å². The molecule has 0 amide bonds. The van der Waals surface area contributed by atoms with Gasteiger partial charge in [0.15, 0.2) is 0 Å². The van der Waals surface area contributed by atoms with Crippen LogP contribution in [0.5, 0.6) is 0 Å². The Morgan fingerprint density at radius 3 is 1.79 bits per heavy atom. The third-order valence-corrected chi connectivity index (χ3v) is 3.54. The van der Waals surface area contributed by atoms with Crippen LogP contribution in [0.2, 0.25) is 0 Å². The summed E-state index contributed by atoms with van der Waals surface area (Å²) in [5.41, 5.74) is 1.47. The molecule has 0 saturated heterocycles. The van der Waals surface area contributed by atoms with Gasteiger partial charge in [-0.05, 0) is 24.8 Å². The third kappa shape index (κ3) is 9.69. The maximum Gasteiger partial charge on any atom is 0.0819 e. The summed E-state index contributed by atoms with van der Waals surface area (Å²) < 4.78 is 0. The van der Waals surface area contributed by atoms with Crippen LogP contribution in [-0.2, 0) is 11.3 Å². The molecule has 19 heavy (non-hydrogen) atoms. The van der Waals surface area contributed by atoms with Gasteiger partial charge < -0.3 is 0 Å². The fourth-order valence-corrected chi connectivity index (χ4v) is 2.38. The highest BCUT2D eigenvalue weighted by atomic mass is 17.1. The normalized spacial score (nSPS) is 10.8. The highest BCUT2D eigenvalue weighted by molar-refractivity contribution is 5.14. The summed E-state index contributed by atoms with van der Waals surface area (Å²) in [6, 6.07) is 10.8. The standard InChI is InChI=1S/C17H28O2/c18-19-16-12-7-5-3-1-2-4-6-9-13-17-14-10-8-11-15-17/h8,10-11,14-15,18H,1-7,9,12-13,16H2. The SMILES string of the molecule is OOCCCCCCCCCCCc1ccccc1. The monoisotopic (exact) mass is 264 g/mol. The molecule has 0 unspecified atom stereocenters. The molecule has 0 saturated carbocycles. The van der Waals surface area contributed by atoms with Crippen LogP contribution in [0, 0.1) is 0 Å².